The van der Waals surface area contributed by atoms with Crippen molar-refractivity contribution in [3.63, 3.8) is 0 Å². The van der Waals surface area contributed by atoms with Gasteiger partial charge in [0.2, 0.25) is 0 Å². The number of hydrogen-bond acceptors (Lipinski definition) is 3. The van der Waals surface area contributed by atoms with Gasteiger partial charge in [0.15, 0.2) is 6.04 Å². The number of aryl methyl sites for hydroxylation is 1. The number of rotatable bonds is 4. The Balaban J connectivity index is 1.93. The molecule has 4 nitrogen and oxygen atoms in total. The zero-order valence-corrected chi connectivity index (χ0v) is 15.8. The van der Waals surface area contributed by atoms with Crippen LogP contribution < -0.4 is 10.3 Å². The summed E-state index contributed by atoms with van der Waals surface area (Å²) in [6.07, 6.45) is 1.76. The number of aromatic nitrogens is 2. The lowest BCUT2D eigenvalue weighted by atomic mass is 9.95. The molecule has 140 valence electrons. The normalized spacial score (nSPS) is 12.1. The highest BCUT2D eigenvalue weighted by Gasteiger charge is 2.28. The molecule has 6 heteroatoms. The van der Waals surface area contributed by atoms with E-state index < -0.39 is 11.9 Å². The smallest absolute Gasteiger partial charge is 0.272 e. The Hall–Kier alpha value is -3.18. The van der Waals surface area contributed by atoms with Crippen LogP contribution in [0.25, 0.3) is 10.9 Å². The third-order valence-electron chi connectivity index (χ3n) is 4.61. The van der Waals surface area contributed by atoms with E-state index in [9.17, 15) is 9.50 Å². The summed E-state index contributed by atoms with van der Waals surface area (Å²) in [5.74, 6) is 0.190. The van der Waals surface area contributed by atoms with Crippen LogP contribution in [0.1, 0.15) is 22.9 Å². The summed E-state index contributed by atoms with van der Waals surface area (Å²) in [7, 11) is 0. The molecule has 1 atom stereocenters. The van der Waals surface area contributed by atoms with E-state index in [0.717, 1.165) is 11.1 Å². The van der Waals surface area contributed by atoms with E-state index in [4.69, 9.17) is 11.6 Å². The Kier molecular flexibility index (Phi) is 4.84. The molecule has 4 rings (SSSR count). The topological polar surface area (TPSA) is 59.3 Å². The van der Waals surface area contributed by atoms with Gasteiger partial charge in [-0.25, -0.2) is 14.4 Å². The number of pyridine rings is 2. The van der Waals surface area contributed by atoms with Gasteiger partial charge in [-0.1, -0.05) is 35.9 Å². The highest BCUT2D eigenvalue weighted by Crippen LogP contribution is 2.39. The lowest BCUT2D eigenvalue weighted by Gasteiger charge is -2.19. The van der Waals surface area contributed by atoms with Crippen LogP contribution in [0.15, 0.2) is 66.9 Å². The summed E-state index contributed by atoms with van der Waals surface area (Å²) < 4.78 is 14.8. The molecule has 2 heterocycles. The summed E-state index contributed by atoms with van der Waals surface area (Å²) in [5.41, 5.74) is 1.98. The molecule has 2 aromatic carbocycles. The van der Waals surface area contributed by atoms with Gasteiger partial charge in [0.25, 0.3) is 5.82 Å². The van der Waals surface area contributed by atoms with E-state index in [-0.39, 0.29) is 16.3 Å². The molecule has 0 spiro atoms. The highest BCUT2D eigenvalue weighted by atomic mass is 35.5. The van der Waals surface area contributed by atoms with Gasteiger partial charge in [-0.05, 0) is 37.3 Å². The van der Waals surface area contributed by atoms with Crippen molar-refractivity contribution >= 4 is 28.3 Å². The largest absolute Gasteiger partial charge is 0.505 e. The van der Waals surface area contributed by atoms with E-state index in [1.165, 1.54) is 6.07 Å². The zero-order chi connectivity index (χ0) is 19.7. The molecule has 0 saturated heterocycles. The molecule has 0 aliphatic rings. The third kappa shape index (κ3) is 3.37. The Labute approximate surface area is 166 Å². The van der Waals surface area contributed by atoms with Crippen molar-refractivity contribution < 1.29 is 14.5 Å². The number of fused-ring (bicyclic) bond motifs is 1. The molecule has 0 radical (unpaired) electrons. The maximum atomic E-state index is 14.8. The Morgan fingerprint density at radius 1 is 1.07 bits per heavy atom. The maximum absolute atomic E-state index is 14.8. The molecular formula is C22H18ClFN3O+. The number of anilines is 1. The van der Waals surface area contributed by atoms with Gasteiger partial charge in [0, 0.05) is 22.7 Å². The molecule has 0 aliphatic heterocycles. The Bertz CT molecular complexity index is 1130. The molecule has 28 heavy (non-hydrogen) atoms. The minimum atomic E-state index is -0.723. The van der Waals surface area contributed by atoms with Crippen LogP contribution in [0.5, 0.6) is 5.75 Å². The van der Waals surface area contributed by atoms with Crippen LogP contribution in [0.2, 0.25) is 5.02 Å². The summed E-state index contributed by atoms with van der Waals surface area (Å²) in [6, 6.07) is 16.7. The summed E-state index contributed by atoms with van der Waals surface area (Å²) in [4.78, 5) is 7.52. The van der Waals surface area contributed by atoms with Gasteiger partial charge in [-0.3, -0.25) is 5.32 Å². The van der Waals surface area contributed by atoms with Crippen LogP contribution in [-0.2, 0) is 0 Å². The predicted octanol–water partition coefficient (Wildman–Crippen LogP) is 5.06. The fourth-order valence-corrected chi connectivity index (χ4v) is 3.52. The number of phenols is 1. The summed E-state index contributed by atoms with van der Waals surface area (Å²) >= 11 is 6.35. The van der Waals surface area contributed by atoms with Gasteiger partial charge in [0.05, 0.1) is 16.8 Å². The number of benzene rings is 2. The van der Waals surface area contributed by atoms with Crippen molar-refractivity contribution in [3.05, 3.63) is 94.5 Å². The first kappa shape index (κ1) is 18.2. The highest BCUT2D eigenvalue weighted by molar-refractivity contribution is 6.31. The first-order valence-electron chi connectivity index (χ1n) is 8.81. The summed E-state index contributed by atoms with van der Waals surface area (Å²) in [6.45, 7) is 1.86. The van der Waals surface area contributed by atoms with Gasteiger partial charge in [0.1, 0.15) is 17.1 Å². The number of H-pyrrole nitrogens is 1. The van der Waals surface area contributed by atoms with Crippen molar-refractivity contribution in [1.29, 1.82) is 0 Å². The molecule has 0 fully saturated rings. The number of nitrogens with one attached hydrogen (secondary N) is 2. The van der Waals surface area contributed by atoms with Gasteiger partial charge < -0.3 is 5.11 Å². The molecule has 0 amide bonds. The SMILES string of the molecule is Cc1ccc2ccc([C@H](Nc3cccc[nH+]3)c3c(F)cccc3Cl)c(O)c2n1. The number of nitrogens with zero attached hydrogens (tertiary/aromatic N) is 1. The van der Waals surface area contributed by atoms with Crippen LogP contribution in [0.3, 0.4) is 0 Å². The maximum Gasteiger partial charge on any atom is 0.272 e. The number of phenolic OH excluding ortho intramolecular Hbond substituents is 1. The van der Waals surface area contributed by atoms with Gasteiger partial charge in [-0.2, -0.15) is 0 Å². The second-order valence-corrected chi connectivity index (χ2v) is 6.92. The minimum Gasteiger partial charge on any atom is -0.505 e. The molecular weight excluding hydrogens is 377 g/mol. The number of hydrogen-bond donors (Lipinski definition) is 2. The average Bonchev–Trinajstić information content (AvgIpc) is 2.69. The predicted molar refractivity (Wildman–Crippen MR) is 108 cm³/mol. The van der Waals surface area contributed by atoms with Gasteiger partial charge in [-0.15, -0.1) is 0 Å². The van der Waals surface area contributed by atoms with Crippen molar-refractivity contribution in [2.24, 2.45) is 0 Å². The minimum absolute atomic E-state index is 0.00560. The van der Waals surface area contributed by atoms with Crippen molar-refractivity contribution in [2.75, 3.05) is 5.32 Å². The van der Waals surface area contributed by atoms with E-state index >= 15 is 0 Å². The van der Waals surface area contributed by atoms with Crippen LogP contribution in [0.4, 0.5) is 10.2 Å². The number of aromatic amines is 1. The van der Waals surface area contributed by atoms with Crippen molar-refractivity contribution in [3.8, 4) is 5.75 Å². The second kappa shape index (κ2) is 7.44. The number of aromatic hydroxyl groups is 1. The van der Waals surface area contributed by atoms with E-state index in [1.54, 1.807) is 24.4 Å². The molecule has 0 aliphatic carbocycles. The third-order valence-corrected chi connectivity index (χ3v) is 4.94. The van der Waals surface area contributed by atoms with E-state index in [0.29, 0.717) is 16.9 Å². The standard InChI is InChI=1S/C22H17ClFN3O/c1-13-8-9-14-10-11-15(22(28)20(14)26-13)21(27-18-7-2-3-12-25-18)19-16(23)5-4-6-17(19)24/h2-12,21,28H,1H3,(H,25,27)/p+1/t21-/m0/s1. The van der Waals surface area contributed by atoms with E-state index in [1.807, 2.05) is 43.3 Å². The van der Waals surface area contributed by atoms with Crippen LogP contribution >= 0.6 is 11.6 Å². The first-order valence-corrected chi connectivity index (χ1v) is 9.19. The van der Waals surface area contributed by atoms with Crippen LogP contribution in [-0.4, -0.2) is 10.1 Å². The van der Waals surface area contributed by atoms with Crippen molar-refractivity contribution in [2.45, 2.75) is 13.0 Å². The van der Waals surface area contributed by atoms with E-state index in [2.05, 4.69) is 15.3 Å². The fraction of sp³-hybridized carbons (Fsp3) is 0.0909. The van der Waals surface area contributed by atoms with Crippen LogP contribution in [0, 0.1) is 12.7 Å². The molecule has 0 saturated carbocycles. The zero-order valence-electron chi connectivity index (χ0n) is 15.1. The molecule has 0 bridgehead atoms. The Morgan fingerprint density at radius 2 is 1.89 bits per heavy atom. The average molecular weight is 395 g/mol. The Morgan fingerprint density at radius 3 is 2.64 bits per heavy atom. The number of halogens is 2. The lowest BCUT2D eigenvalue weighted by Crippen LogP contribution is -2.20. The first-order chi connectivity index (χ1) is 13.5. The molecule has 0 unspecified atom stereocenters. The molecule has 4 aromatic rings. The van der Waals surface area contributed by atoms with Crippen molar-refractivity contribution in [1.82, 2.24) is 4.98 Å². The molecule has 2 aromatic heterocycles. The monoisotopic (exact) mass is 394 g/mol. The molecule has 3 N–H and O–H groups in total. The summed E-state index contributed by atoms with van der Waals surface area (Å²) in [5, 5.41) is 15.3. The second-order valence-electron chi connectivity index (χ2n) is 6.52. The lowest BCUT2D eigenvalue weighted by molar-refractivity contribution is -0.361. The van der Waals surface area contributed by atoms with Gasteiger partial charge >= 0.3 is 0 Å². The quantitative estimate of drug-likeness (QED) is 0.508. The fourth-order valence-electron chi connectivity index (χ4n) is 3.25.